The Morgan fingerprint density at radius 3 is 2.44 bits per heavy atom. The van der Waals surface area contributed by atoms with Crippen LogP contribution in [0.1, 0.15) is 30.4 Å². The fourth-order valence-electron chi connectivity index (χ4n) is 3.45. The number of nitrogens with one attached hydrogen (secondary N) is 1. The second-order valence-electron chi connectivity index (χ2n) is 7.13. The normalized spacial score (nSPS) is 16.2. The zero-order valence-corrected chi connectivity index (χ0v) is 16.4. The number of carbonyl (C=O) groups excluding carboxylic acids is 1. The highest BCUT2D eigenvalue weighted by Crippen LogP contribution is 2.25. The molecule has 0 bridgehead atoms. The second-order valence-corrected chi connectivity index (χ2v) is 9.07. The lowest BCUT2D eigenvalue weighted by Gasteiger charge is -2.31. The van der Waals surface area contributed by atoms with Gasteiger partial charge in [-0.1, -0.05) is 48.0 Å². The molecule has 144 valence electrons. The van der Waals surface area contributed by atoms with Gasteiger partial charge in [-0.15, -0.1) is 0 Å². The molecule has 6 heteroatoms. The third kappa shape index (κ3) is 5.17. The van der Waals surface area contributed by atoms with Crippen LogP contribution >= 0.6 is 0 Å². The summed E-state index contributed by atoms with van der Waals surface area (Å²) in [6, 6.07) is 16.6. The predicted molar refractivity (Wildman–Crippen MR) is 106 cm³/mol. The lowest BCUT2D eigenvalue weighted by Crippen LogP contribution is -2.39. The maximum Gasteiger partial charge on any atom is 0.243 e. The minimum Gasteiger partial charge on any atom is -0.352 e. The van der Waals surface area contributed by atoms with Crippen molar-refractivity contribution in [1.82, 2.24) is 9.62 Å². The number of aryl methyl sites for hydroxylation is 1. The first kappa shape index (κ1) is 19.6. The molecule has 0 aromatic heterocycles. The van der Waals surface area contributed by atoms with Crippen molar-refractivity contribution in [1.29, 1.82) is 0 Å². The Bertz CT molecular complexity index is 873. The third-order valence-electron chi connectivity index (χ3n) is 5.00. The molecule has 1 fully saturated rings. The fraction of sp³-hybridized carbons (Fsp3) is 0.381. The molecule has 5 nitrogen and oxygen atoms in total. The van der Waals surface area contributed by atoms with Gasteiger partial charge in [-0.25, -0.2) is 8.42 Å². The van der Waals surface area contributed by atoms with E-state index in [0.717, 1.165) is 5.56 Å². The van der Waals surface area contributed by atoms with Gasteiger partial charge in [0.25, 0.3) is 0 Å². The number of amides is 1. The van der Waals surface area contributed by atoms with Crippen molar-refractivity contribution in [2.75, 3.05) is 13.1 Å². The van der Waals surface area contributed by atoms with Crippen LogP contribution in [0.15, 0.2) is 59.5 Å². The third-order valence-corrected chi connectivity index (χ3v) is 6.91. The molecule has 0 spiro atoms. The van der Waals surface area contributed by atoms with Gasteiger partial charge < -0.3 is 5.32 Å². The van der Waals surface area contributed by atoms with Gasteiger partial charge >= 0.3 is 0 Å². The monoisotopic (exact) mass is 386 g/mol. The van der Waals surface area contributed by atoms with Crippen LogP contribution in [0.5, 0.6) is 0 Å². The van der Waals surface area contributed by atoms with Crippen molar-refractivity contribution in [3.05, 3.63) is 65.7 Å². The molecule has 1 aliphatic rings. The van der Waals surface area contributed by atoms with E-state index in [4.69, 9.17) is 0 Å². The summed E-state index contributed by atoms with van der Waals surface area (Å²) in [7, 11) is -3.43. The average molecular weight is 387 g/mol. The summed E-state index contributed by atoms with van der Waals surface area (Å²) in [5.41, 5.74) is 2.26. The molecule has 0 saturated carbocycles. The Kier molecular flexibility index (Phi) is 6.29. The molecular formula is C21H26N2O3S. The maximum atomic E-state index is 12.6. The van der Waals surface area contributed by atoms with Gasteiger partial charge in [0.2, 0.25) is 15.9 Å². The molecule has 2 aromatic carbocycles. The summed E-state index contributed by atoms with van der Waals surface area (Å²) < 4.78 is 26.8. The van der Waals surface area contributed by atoms with Gasteiger partial charge in [0.1, 0.15) is 0 Å². The van der Waals surface area contributed by atoms with E-state index in [2.05, 4.69) is 11.4 Å². The predicted octanol–water partition coefficient (Wildman–Crippen LogP) is 3.10. The fourth-order valence-corrected chi connectivity index (χ4v) is 4.94. The van der Waals surface area contributed by atoms with E-state index in [0.29, 0.717) is 43.8 Å². The van der Waals surface area contributed by atoms with Gasteiger partial charge in [-0.05, 0) is 43.4 Å². The van der Waals surface area contributed by atoms with Gasteiger partial charge in [0, 0.05) is 26.1 Å². The molecule has 3 rings (SSSR count). The van der Waals surface area contributed by atoms with Crippen molar-refractivity contribution < 1.29 is 13.2 Å². The Hall–Kier alpha value is -2.18. The van der Waals surface area contributed by atoms with Crippen molar-refractivity contribution in [2.45, 2.75) is 37.6 Å². The first-order valence-electron chi connectivity index (χ1n) is 9.32. The lowest BCUT2D eigenvalue weighted by atomic mass is 9.94. The largest absolute Gasteiger partial charge is 0.352 e. The number of sulfonamides is 1. The molecule has 1 heterocycles. The summed E-state index contributed by atoms with van der Waals surface area (Å²) in [5.74, 6) is 0.255. The molecular weight excluding hydrogens is 360 g/mol. The highest BCUT2D eigenvalue weighted by molar-refractivity contribution is 7.89. The van der Waals surface area contributed by atoms with E-state index >= 15 is 0 Å². The van der Waals surface area contributed by atoms with Crippen LogP contribution in [0.2, 0.25) is 0 Å². The molecule has 1 saturated heterocycles. The van der Waals surface area contributed by atoms with Crippen LogP contribution in [0.3, 0.4) is 0 Å². The molecule has 0 aliphatic carbocycles. The van der Waals surface area contributed by atoms with Crippen LogP contribution in [-0.2, 0) is 21.4 Å². The van der Waals surface area contributed by atoms with E-state index in [1.807, 2.05) is 25.1 Å². The minimum absolute atomic E-state index is 0.0286. The molecule has 1 aliphatic heterocycles. The van der Waals surface area contributed by atoms with Gasteiger partial charge in [-0.2, -0.15) is 4.31 Å². The van der Waals surface area contributed by atoms with Crippen LogP contribution in [0.4, 0.5) is 0 Å². The van der Waals surface area contributed by atoms with Crippen LogP contribution < -0.4 is 5.32 Å². The number of hydrogen-bond donors (Lipinski definition) is 1. The summed E-state index contributed by atoms with van der Waals surface area (Å²) in [4.78, 5) is 12.6. The summed E-state index contributed by atoms with van der Waals surface area (Å²) >= 11 is 0. The smallest absolute Gasteiger partial charge is 0.243 e. The number of hydrogen-bond acceptors (Lipinski definition) is 3. The standard InChI is InChI=1S/C21H26N2O3S/c1-17-6-5-7-19(14-17)16-22-21(24)15-18-10-12-23(13-11-18)27(25,26)20-8-3-2-4-9-20/h2-9,14,18H,10-13,15-16H2,1H3,(H,22,24). The molecule has 2 aromatic rings. The highest BCUT2D eigenvalue weighted by Gasteiger charge is 2.29. The van der Waals surface area contributed by atoms with Crippen molar-refractivity contribution in [3.63, 3.8) is 0 Å². The van der Waals surface area contributed by atoms with Crippen molar-refractivity contribution >= 4 is 15.9 Å². The molecule has 1 amide bonds. The number of carbonyl (C=O) groups is 1. The van der Waals surface area contributed by atoms with E-state index < -0.39 is 10.0 Å². The van der Waals surface area contributed by atoms with E-state index in [-0.39, 0.29) is 11.8 Å². The van der Waals surface area contributed by atoms with Gasteiger partial charge in [-0.3, -0.25) is 4.79 Å². The lowest BCUT2D eigenvalue weighted by molar-refractivity contribution is -0.122. The molecule has 0 radical (unpaired) electrons. The van der Waals surface area contributed by atoms with Crippen LogP contribution in [0.25, 0.3) is 0 Å². The maximum absolute atomic E-state index is 12.6. The zero-order valence-electron chi connectivity index (χ0n) is 15.6. The van der Waals surface area contributed by atoms with Crippen LogP contribution in [0, 0.1) is 12.8 Å². The van der Waals surface area contributed by atoms with Crippen molar-refractivity contribution in [3.8, 4) is 0 Å². The van der Waals surface area contributed by atoms with Crippen molar-refractivity contribution in [2.24, 2.45) is 5.92 Å². The Morgan fingerprint density at radius 2 is 1.78 bits per heavy atom. The Labute approximate surface area is 161 Å². The molecule has 0 unspecified atom stereocenters. The first-order valence-corrected chi connectivity index (χ1v) is 10.8. The quantitative estimate of drug-likeness (QED) is 0.830. The summed E-state index contributed by atoms with van der Waals surface area (Å²) in [6.45, 7) is 3.49. The van der Waals surface area contributed by atoms with Gasteiger partial charge in [0.05, 0.1) is 4.90 Å². The average Bonchev–Trinajstić information content (AvgIpc) is 2.68. The Morgan fingerprint density at radius 1 is 1.07 bits per heavy atom. The number of nitrogens with zero attached hydrogens (tertiary/aromatic N) is 1. The topological polar surface area (TPSA) is 66.5 Å². The Balaban J connectivity index is 1.47. The van der Waals surface area contributed by atoms with Crippen LogP contribution in [-0.4, -0.2) is 31.7 Å². The van der Waals surface area contributed by atoms with Gasteiger partial charge in [0.15, 0.2) is 0 Å². The number of rotatable bonds is 6. The first-order chi connectivity index (χ1) is 12.9. The van der Waals surface area contributed by atoms with E-state index in [1.54, 1.807) is 30.3 Å². The highest BCUT2D eigenvalue weighted by atomic mass is 32.2. The second kappa shape index (κ2) is 8.67. The minimum atomic E-state index is -3.43. The molecule has 0 atom stereocenters. The summed E-state index contributed by atoms with van der Waals surface area (Å²) in [5, 5.41) is 2.97. The van der Waals surface area contributed by atoms with E-state index in [1.165, 1.54) is 9.87 Å². The molecule has 27 heavy (non-hydrogen) atoms. The zero-order chi connectivity index (χ0) is 19.3. The SMILES string of the molecule is Cc1cccc(CNC(=O)CC2CCN(S(=O)(=O)c3ccccc3)CC2)c1. The number of piperidine rings is 1. The van der Waals surface area contributed by atoms with E-state index in [9.17, 15) is 13.2 Å². The number of benzene rings is 2. The molecule has 1 N–H and O–H groups in total. The summed E-state index contributed by atoms with van der Waals surface area (Å²) in [6.07, 6.45) is 1.87.